The Balaban J connectivity index is 2.74. The highest BCUT2D eigenvalue weighted by Crippen LogP contribution is 2.15. The van der Waals surface area contributed by atoms with Crippen LogP contribution in [0.25, 0.3) is 0 Å². The fraction of sp³-hybridized carbons (Fsp3) is 0.429. The summed E-state index contributed by atoms with van der Waals surface area (Å²) in [6.45, 7) is 0. The molecule has 0 saturated heterocycles. The Bertz CT molecular complexity index is 324. The number of halogens is 1. The molecule has 5 nitrogen and oxygen atoms in total. The Morgan fingerprint density at radius 2 is 2.54 bits per heavy atom. The SMILES string of the molecule is Cn1cc(Br)c(CC(N)C(=O)O)n1. The smallest absolute Gasteiger partial charge is 0.320 e. The van der Waals surface area contributed by atoms with Crippen molar-refractivity contribution in [3.05, 3.63) is 16.4 Å². The molecule has 0 bridgehead atoms. The zero-order valence-corrected chi connectivity index (χ0v) is 8.65. The van der Waals surface area contributed by atoms with E-state index in [0.29, 0.717) is 5.69 Å². The van der Waals surface area contributed by atoms with E-state index in [1.807, 2.05) is 0 Å². The molecule has 0 amide bonds. The van der Waals surface area contributed by atoms with E-state index in [0.717, 1.165) is 4.47 Å². The largest absolute Gasteiger partial charge is 0.480 e. The summed E-state index contributed by atoms with van der Waals surface area (Å²) in [5, 5.41) is 12.6. The number of nitrogens with two attached hydrogens (primary N) is 1. The summed E-state index contributed by atoms with van der Waals surface area (Å²) in [4.78, 5) is 10.4. The third-order valence-corrected chi connectivity index (χ3v) is 2.25. The quantitative estimate of drug-likeness (QED) is 0.797. The molecule has 0 spiro atoms. The van der Waals surface area contributed by atoms with Gasteiger partial charge in [0, 0.05) is 19.7 Å². The normalized spacial score (nSPS) is 12.8. The molecule has 0 radical (unpaired) electrons. The van der Waals surface area contributed by atoms with E-state index in [9.17, 15) is 4.79 Å². The second-order valence-corrected chi connectivity index (χ2v) is 3.60. The van der Waals surface area contributed by atoms with E-state index in [1.165, 1.54) is 0 Å². The molecule has 72 valence electrons. The molecule has 0 saturated carbocycles. The number of carboxylic acids is 1. The van der Waals surface area contributed by atoms with Gasteiger partial charge in [-0.2, -0.15) is 5.10 Å². The Labute approximate surface area is 83.7 Å². The van der Waals surface area contributed by atoms with Gasteiger partial charge in [-0.1, -0.05) is 0 Å². The van der Waals surface area contributed by atoms with Crippen molar-refractivity contribution in [3.63, 3.8) is 0 Å². The van der Waals surface area contributed by atoms with Gasteiger partial charge in [0.25, 0.3) is 0 Å². The summed E-state index contributed by atoms with van der Waals surface area (Å²) in [6.07, 6.45) is 1.99. The van der Waals surface area contributed by atoms with Crippen LogP contribution in [0.2, 0.25) is 0 Å². The van der Waals surface area contributed by atoms with E-state index in [2.05, 4.69) is 21.0 Å². The molecule has 1 unspecified atom stereocenters. The minimum atomic E-state index is -1.02. The lowest BCUT2D eigenvalue weighted by Gasteiger charge is -2.02. The lowest BCUT2D eigenvalue weighted by molar-refractivity contribution is -0.138. The van der Waals surface area contributed by atoms with Crippen LogP contribution in [0.1, 0.15) is 5.69 Å². The average Bonchev–Trinajstić information content (AvgIpc) is 2.30. The fourth-order valence-corrected chi connectivity index (χ4v) is 1.48. The molecule has 0 aliphatic rings. The topological polar surface area (TPSA) is 81.1 Å². The summed E-state index contributed by atoms with van der Waals surface area (Å²) in [7, 11) is 1.76. The number of nitrogens with zero attached hydrogens (tertiary/aromatic N) is 2. The number of hydrogen-bond donors (Lipinski definition) is 2. The average molecular weight is 248 g/mol. The Morgan fingerprint density at radius 1 is 1.92 bits per heavy atom. The first-order chi connectivity index (χ1) is 6.00. The highest BCUT2D eigenvalue weighted by atomic mass is 79.9. The molecular formula is C7H10BrN3O2. The third kappa shape index (κ3) is 2.53. The number of aryl methyl sites for hydroxylation is 1. The number of aliphatic carboxylic acids is 1. The van der Waals surface area contributed by atoms with Gasteiger partial charge >= 0.3 is 5.97 Å². The molecule has 13 heavy (non-hydrogen) atoms. The third-order valence-electron chi connectivity index (χ3n) is 1.58. The van der Waals surface area contributed by atoms with Gasteiger partial charge in [-0.15, -0.1) is 0 Å². The first-order valence-corrected chi connectivity index (χ1v) is 4.46. The lowest BCUT2D eigenvalue weighted by atomic mass is 10.2. The van der Waals surface area contributed by atoms with Crippen LogP contribution in [0, 0.1) is 0 Å². The molecule has 0 aromatic carbocycles. The maximum atomic E-state index is 10.4. The van der Waals surface area contributed by atoms with Gasteiger partial charge in [-0.3, -0.25) is 9.48 Å². The minimum Gasteiger partial charge on any atom is -0.480 e. The molecule has 1 atom stereocenters. The first kappa shape index (κ1) is 10.2. The van der Waals surface area contributed by atoms with E-state index < -0.39 is 12.0 Å². The Morgan fingerprint density at radius 3 is 2.92 bits per heavy atom. The zero-order valence-electron chi connectivity index (χ0n) is 7.07. The van der Waals surface area contributed by atoms with Crippen LogP contribution in [0.5, 0.6) is 0 Å². The van der Waals surface area contributed by atoms with Crippen molar-refractivity contribution >= 4 is 21.9 Å². The Hall–Kier alpha value is -0.880. The summed E-state index contributed by atoms with van der Waals surface area (Å²) in [5.41, 5.74) is 6.02. The fourth-order valence-electron chi connectivity index (χ4n) is 0.940. The van der Waals surface area contributed by atoms with Crippen molar-refractivity contribution in [2.75, 3.05) is 0 Å². The van der Waals surface area contributed by atoms with E-state index in [4.69, 9.17) is 10.8 Å². The second kappa shape index (κ2) is 3.89. The molecule has 1 rings (SSSR count). The van der Waals surface area contributed by atoms with Crippen LogP contribution in [-0.2, 0) is 18.3 Å². The van der Waals surface area contributed by atoms with Crippen LogP contribution in [-0.4, -0.2) is 26.9 Å². The predicted octanol–water partition coefficient (Wildman–Crippen LogP) is 0.137. The van der Waals surface area contributed by atoms with Gasteiger partial charge in [-0.05, 0) is 15.9 Å². The van der Waals surface area contributed by atoms with Crippen molar-refractivity contribution in [1.29, 1.82) is 0 Å². The highest BCUT2D eigenvalue weighted by molar-refractivity contribution is 9.10. The molecule has 0 fully saturated rings. The van der Waals surface area contributed by atoms with E-state index in [1.54, 1.807) is 17.9 Å². The predicted molar refractivity (Wildman–Crippen MR) is 50.2 cm³/mol. The molecule has 6 heteroatoms. The molecular weight excluding hydrogens is 238 g/mol. The summed E-state index contributed by atoms with van der Waals surface area (Å²) in [5.74, 6) is -1.02. The van der Waals surface area contributed by atoms with Crippen molar-refractivity contribution in [2.24, 2.45) is 12.8 Å². The van der Waals surface area contributed by atoms with Crippen LogP contribution in [0.3, 0.4) is 0 Å². The monoisotopic (exact) mass is 247 g/mol. The minimum absolute atomic E-state index is 0.233. The van der Waals surface area contributed by atoms with Crippen molar-refractivity contribution in [1.82, 2.24) is 9.78 Å². The number of hydrogen-bond acceptors (Lipinski definition) is 3. The molecule has 3 N–H and O–H groups in total. The summed E-state index contributed by atoms with van der Waals surface area (Å²) < 4.78 is 2.39. The van der Waals surface area contributed by atoms with Crippen LogP contribution in [0.15, 0.2) is 10.7 Å². The maximum Gasteiger partial charge on any atom is 0.320 e. The van der Waals surface area contributed by atoms with Crippen molar-refractivity contribution in [2.45, 2.75) is 12.5 Å². The molecule has 1 aromatic heterocycles. The van der Waals surface area contributed by atoms with Crippen molar-refractivity contribution < 1.29 is 9.90 Å². The van der Waals surface area contributed by atoms with Crippen LogP contribution in [0.4, 0.5) is 0 Å². The number of aromatic nitrogens is 2. The number of carbonyl (C=O) groups is 1. The van der Waals surface area contributed by atoms with Gasteiger partial charge in [0.05, 0.1) is 10.2 Å². The second-order valence-electron chi connectivity index (χ2n) is 2.75. The van der Waals surface area contributed by atoms with Crippen LogP contribution < -0.4 is 5.73 Å². The molecule has 1 heterocycles. The summed E-state index contributed by atoms with van der Waals surface area (Å²) >= 11 is 3.26. The van der Waals surface area contributed by atoms with Crippen LogP contribution >= 0.6 is 15.9 Å². The molecule has 0 aliphatic carbocycles. The highest BCUT2D eigenvalue weighted by Gasteiger charge is 2.15. The lowest BCUT2D eigenvalue weighted by Crippen LogP contribution is -2.32. The van der Waals surface area contributed by atoms with Gasteiger partial charge in [0.2, 0.25) is 0 Å². The Kier molecular flexibility index (Phi) is 3.05. The molecule has 0 aliphatic heterocycles. The van der Waals surface area contributed by atoms with E-state index in [-0.39, 0.29) is 6.42 Å². The van der Waals surface area contributed by atoms with E-state index >= 15 is 0 Å². The standard InChI is InChI=1S/C7H10BrN3O2/c1-11-3-4(8)6(10-11)2-5(9)7(12)13/h3,5H,2,9H2,1H3,(H,12,13). The number of rotatable bonds is 3. The first-order valence-electron chi connectivity index (χ1n) is 3.67. The number of carboxylic acid groups (broad SMARTS) is 1. The zero-order chi connectivity index (χ0) is 10.0. The van der Waals surface area contributed by atoms with Gasteiger partial charge in [0.15, 0.2) is 0 Å². The summed E-state index contributed by atoms with van der Waals surface area (Å²) in [6, 6.07) is -0.897. The maximum absolute atomic E-state index is 10.4. The van der Waals surface area contributed by atoms with Gasteiger partial charge < -0.3 is 10.8 Å². The van der Waals surface area contributed by atoms with Gasteiger partial charge in [0.1, 0.15) is 6.04 Å². The molecule has 1 aromatic rings. The van der Waals surface area contributed by atoms with Gasteiger partial charge in [-0.25, -0.2) is 0 Å². The van der Waals surface area contributed by atoms with Crippen molar-refractivity contribution in [3.8, 4) is 0 Å².